The van der Waals surface area contributed by atoms with Crippen molar-refractivity contribution in [3.63, 3.8) is 0 Å². The highest BCUT2D eigenvalue weighted by atomic mass is 32.1. The SMILES string of the molecule is Cc1cc(/C=N\NC(=O)[C@@H]2COc3ccccc3O2)c(C)n1-c1nccs1. The van der Waals surface area contributed by atoms with Gasteiger partial charge in [-0.25, -0.2) is 10.4 Å². The number of nitrogens with one attached hydrogen (secondary N) is 1. The molecule has 1 atom stereocenters. The molecule has 138 valence electrons. The Labute approximate surface area is 160 Å². The van der Waals surface area contributed by atoms with E-state index in [1.807, 2.05) is 37.4 Å². The molecule has 0 saturated carbocycles. The zero-order valence-corrected chi connectivity index (χ0v) is 15.7. The lowest BCUT2D eigenvalue weighted by atomic mass is 10.2. The van der Waals surface area contributed by atoms with E-state index in [0.717, 1.165) is 22.1 Å². The van der Waals surface area contributed by atoms with Crippen molar-refractivity contribution >= 4 is 23.5 Å². The number of rotatable bonds is 4. The molecule has 2 aromatic heterocycles. The van der Waals surface area contributed by atoms with E-state index in [4.69, 9.17) is 9.47 Å². The largest absolute Gasteiger partial charge is 0.485 e. The Hall–Kier alpha value is -3.13. The molecule has 3 heterocycles. The lowest BCUT2D eigenvalue weighted by Gasteiger charge is -2.24. The third-order valence-corrected chi connectivity index (χ3v) is 5.02. The number of carbonyl (C=O) groups is 1. The Balaban J connectivity index is 1.43. The normalized spacial score (nSPS) is 15.9. The van der Waals surface area contributed by atoms with Gasteiger partial charge in [0.15, 0.2) is 16.6 Å². The van der Waals surface area contributed by atoms with E-state index in [-0.39, 0.29) is 12.5 Å². The Morgan fingerprint density at radius 3 is 2.96 bits per heavy atom. The highest BCUT2D eigenvalue weighted by Gasteiger charge is 2.27. The van der Waals surface area contributed by atoms with Crippen LogP contribution in [0.4, 0.5) is 0 Å². The number of nitrogens with zero attached hydrogens (tertiary/aromatic N) is 3. The summed E-state index contributed by atoms with van der Waals surface area (Å²) in [5.74, 6) is 0.842. The molecule has 1 N–H and O–H groups in total. The van der Waals surface area contributed by atoms with Crippen molar-refractivity contribution in [2.45, 2.75) is 20.0 Å². The van der Waals surface area contributed by atoms with Crippen molar-refractivity contribution < 1.29 is 14.3 Å². The number of hydrogen-bond acceptors (Lipinski definition) is 6. The molecule has 1 amide bonds. The van der Waals surface area contributed by atoms with Crippen molar-refractivity contribution in [3.8, 4) is 16.6 Å². The molecule has 27 heavy (non-hydrogen) atoms. The van der Waals surface area contributed by atoms with Gasteiger partial charge in [-0.2, -0.15) is 5.10 Å². The van der Waals surface area contributed by atoms with Crippen LogP contribution in [0.25, 0.3) is 5.13 Å². The predicted octanol–water partition coefficient (Wildman–Crippen LogP) is 2.84. The second-order valence-electron chi connectivity index (χ2n) is 6.08. The molecule has 8 heteroatoms. The molecule has 1 aromatic carbocycles. The first-order valence-electron chi connectivity index (χ1n) is 8.43. The molecular formula is C19H18N4O3S. The van der Waals surface area contributed by atoms with Crippen LogP contribution in [-0.2, 0) is 4.79 Å². The number of amides is 1. The van der Waals surface area contributed by atoms with Gasteiger partial charge in [0.2, 0.25) is 6.10 Å². The van der Waals surface area contributed by atoms with E-state index in [1.165, 1.54) is 0 Å². The van der Waals surface area contributed by atoms with Gasteiger partial charge in [0.25, 0.3) is 5.91 Å². The summed E-state index contributed by atoms with van der Waals surface area (Å²) in [4.78, 5) is 16.6. The van der Waals surface area contributed by atoms with Crippen LogP contribution in [0, 0.1) is 13.8 Å². The van der Waals surface area contributed by atoms with Gasteiger partial charge >= 0.3 is 0 Å². The van der Waals surface area contributed by atoms with Gasteiger partial charge in [-0.3, -0.25) is 9.36 Å². The summed E-state index contributed by atoms with van der Waals surface area (Å²) in [5.41, 5.74) is 5.49. The zero-order valence-electron chi connectivity index (χ0n) is 14.9. The van der Waals surface area contributed by atoms with Crippen LogP contribution >= 0.6 is 11.3 Å². The fourth-order valence-corrected chi connectivity index (χ4v) is 3.68. The lowest BCUT2D eigenvalue weighted by Crippen LogP contribution is -2.42. The molecule has 0 bridgehead atoms. The molecule has 0 radical (unpaired) electrons. The second-order valence-corrected chi connectivity index (χ2v) is 6.95. The second kappa shape index (κ2) is 7.24. The fourth-order valence-electron chi connectivity index (χ4n) is 2.93. The van der Waals surface area contributed by atoms with Gasteiger partial charge < -0.3 is 9.47 Å². The number of ether oxygens (including phenoxy) is 2. The van der Waals surface area contributed by atoms with Crippen molar-refractivity contribution in [1.29, 1.82) is 0 Å². The van der Waals surface area contributed by atoms with Crippen LogP contribution in [-0.4, -0.2) is 34.4 Å². The molecular weight excluding hydrogens is 364 g/mol. The van der Waals surface area contributed by atoms with Crippen LogP contribution in [0.2, 0.25) is 0 Å². The third-order valence-electron chi connectivity index (χ3n) is 4.26. The number of aromatic nitrogens is 2. The van der Waals surface area contributed by atoms with Gasteiger partial charge in [-0.1, -0.05) is 12.1 Å². The number of fused-ring (bicyclic) bond motifs is 1. The number of benzene rings is 1. The van der Waals surface area contributed by atoms with Gasteiger partial charge in [0, 0.05) is 28.5 Å². The quantitative estimate of drug-likeness (QED) is 0.556. The van der Waals surface area contributed by atoms with Gasteiger partial charge in [0.05, 0.1) is 6.21 Å². The maximum atomic E-state index is 12.3. The van der Waals surface area contributed by atoms with E-state index in [1.54, 1.807) is 35.9 Å². The molecule has 0 unspecified atom stereocenters. The summed E-state index contributed by atoms with van der Waals surface area (Å²) >= 11 is 1.57. The average molecular weight is 382 g/mol. The summed E-state index contributed by atoms with van der Waals surface area (Å²) in [6.07, 6.45) is 2.67. The number of thiazole rings is 1. The van der Waals surface area contributed by atoms with Crippen molar-refractivity contribution in [3.05, 3.63) is 58.9 Å². The number of para-hydroxylation sites is 2. The summed E-state index contributed by atoms with van der Waals surface area (Å²) in [6.45, 7) is 4.15. The Morgan fingerprint density at radius 1 is 1.37 bits per heavy atom. The number of hydrogen-bond donors (Lipinski definition) is 1. The minimum absolute atomic E-state index is 0.150. The molecule has 1 aliphatic heterocycles. The average Bonchev–Trinajstić information content (AvgIpc) is 3.29. The molecule has 4 rings (SSSR count). The molecule has 3 aromatic rings. The number of aryl methyl sites for hydroxylation is 1. The van der Waals surface area contributed by atoms with Gasteiger partial charge in [0.1, 0.15) is 6.61 Å². The predicted molar refractivity (Wildman–Crippen MR) is 103 cm³/mol. The third kappa shape index (κ3) is 3.43. The van der Waals surface area contributed by atoms with E-state index in [2.05, 4.69) is 20.1 Å². The summed E-state index contributed by atoms with van der Waals surface area (Å²) < 4.78 is 13.3. The summed E-state index contributed by atoms with van der Waals surface area (Å²) in [7, 11) is 0. The van der Waals surface area contributed by atoms with Crippen LogP contribution < -0.4 is 14.9 Å². The first kappa shape index (κ1) is 17.3. The van der Waals surface area contributed by atoms with Crippen LogP contribution in [0.15, 0.2) is 47.0 Å². The molecule has 1 aliphatic rings. The minimum Gasteiger partial charge on any atom is -0.485 e. The van der Waals surface area contributed by atoms with Crippen molar-refractivity contribution in [2.24, 2.45) is 5.10 Å². The van der Waals surface area contributed by atoms with Crippen molar-refractivity contribution in [2.75, 3.05) is 6.61 Å². The maximum absolute atomic E-state index is 12.3. The highest BCUT2D eigenvalue weighted by molar-refractivity contribution is 7.12. The van der Waals surface area contributed by atoms with E-state index >= 15 is 0 Å². The number of carbonyl (C=O) groups excluding carboxylic acids is 1. The fraction of sp³-hybridized carbons (Fsp3) is 0.211. The maximum Gasteiger partial charge on any atom is 0.284 e. The minimum atomic E-state index is -0.736. The lowest BCUT2D eigenvalue weighted by molar-refractivity contribution is -0.130. The zero-order chi connectivity index (χ0) is 18.8. The molecule has 7 nitrogen and oxygen atoms in total. The van der Waals surface area contributed by atoms with Gasteiger partial charge in [-0.05, 0) is 32.0 Å². The van der Waals surface area contributed by atoms with Crippen LogP contribution in [0.1, 0.15) is 17.0 Å². The first-order chi connectivity index (χ1) is 13.1. The van der Waals surface area contributed by atoms with Crippen LogP contribution in [0.5, 0.6) is 11.5 Å². The molecule has 0 aliphatic carbocycles. The number of hydrazone groups is 1. The Morgan fingerprint density at radius 2 is 2.19 bits per heavy atom. The Kier molecular flexibility index (Phi) is 4.64. The Bertz CT molecular complexity index is 995. The highest BCUT2D eigenvalue weighted by Crippen LogP contribution is 2.30. The van der Waals surface area contributed by atoms with E-state index in [9.17, 15) is 4.79 Å². The van der Waals surface area contributed by atoms with Gasteiger partial charge in [-0.15, -0.1) is 11.3 Å². The smallest absolute Gasteiger partial charge is 0.284 e. The molecule has 0 fully saturated rings. The molecule has 0 saturated heterocycles. The topological polar surface area (TPSA) is 77.7 Å². The summed E-state index contributed by atoms with van der Waals surface area (Å²) in [6, 6.07) is 9.27. The monoisotopic (exact) mass is 382 g/mol. The van der Waals surface area contributed by atoms with E-state index < -0.39 is 6.10 Å². The standard InChI is InChI=1S/C19H18N4O3S/c1-12-9-14(13(2)23(12)19-20-7-8-27-19)10-21-22-18(24)17-11-25-15-5-3-4-6-16(15)26-17/h3-10,17H,11H2,1-2H3,(H,22,24)/b21-10-/t17-/m0/s1. The van der Waals surface area contributed by atoms with E-state index in [0.29, 0.717) is 11.5 Å². The molecule has 0 spiro atoms. The van der Waals surface area contributed by atoms with Crippen LogP contribution in [0.3, 0.4) is 0 Å². The first-order valence-corrected chi connectivity index (χ1v) is 9.31. The van der Waals surface area contributed by atoms with Crippen molar-refractivity contribution in [1.82, 2.24) is 15.0 Å². The summed E-state index contributed by atoms with van der Waals surface area (Å²) in [5, 5.41) is 6.92.